The van der Waals surface area contributed by atoms with Crippen molar-refractivity contribution in [3.8, 4) is 0 Å². The number of benzene rings is 2. The van der Waals surface area contributed by atoms with Gasteiger partial charge in [0, 0.05) is 28.0 Å². The molecule has 1 aliphatic heterocycles. The molecule has 1 fully saturated rings. The Labute approximate surface area is 157 Å². The minimum Gasteiger partial charge on any atom is -0.372 e. The fraction of sp³-hybridized carbons (Fsp3) is 0.350. The van der Waals surface area contributed by atoms with E-state index in [4.69, 9.17) is 0 Å². The maximum absolute atomic E-state index is 12.5. The number of carbonyl (C=O) groups excluding carboxylic acids is 1. The molecule has 0 spiro atoms. The lowest BCUT2D eigenvalue weighted by Gasteiger charge is -2.22. The molecule has 3 rings (SSSR count). The average molecular weight is 434 g/mol. The molecule has 24 heavy (non-hydrogen) atoms. The summed E-state index contributed by atoms with van der Waals surface area (Å²) in [4.78, 5) is 14.9. The van der Waals surface area contributed by atoms with E-state index in [0.717, 1.165) is 33.5 Å². The third kappa shape index (κ3) is 4.09. The number of aryl methyl sites for hydroxylation is 1. The van der Waals surface area contributed by atoms with Crippen LogP contribution in [0.5, 0.6) is 0 Å². The first-order valence-electron chi connectivity index (χ1n) is 8.56. The van der Waals surface area contributed by atoms with Crippen LogP contribution in [0.15, 0.2) is 42.5 Å². The summed E-state index contributed by atoms with van der Waals surface area (Å²) in [6.45, 7) is 4.29. The maximum Gasteiger partial charge on any atom is 0.256 e. The highest BCUT2D eigenvalue weighted by atomic mass is 127. The van der Waals surface area contributed by atoms with Gasteiger partial charge in [-0.25, -0.2) is 0 Å². The van der Waals surface area contributed by atoms with Gasteiger partial charge in [-0.3, -0.25) is 4.79 Å². The molecule has 4 heteroatoms. The fourth-order valence-electron chi connectivity index (χ4n) is 3.11. The molecule has 1 aliphatic rings. The fourth-order valence-corrected chi connectivity index (χ4v) is 3.71. The number of rotatable bonds is 3. The van der Waals surface area contributed by atoms with Gasteiger partial charge in [0.1, 0.15) is 0 Å². The van der Waals surface area contributed by atoms with Gasteiger partial charge in [0.15, 0.2) is 0 Å². The van der Waals surface area contributed by atoms with Crippen LogP contribution in [-0.2, 0) is 0 Å². The molecule has 0 atom stereocenters. The Morgan fingerprint density at radius 3 is 2.33 bits per heavy atom. The number of hydrogen-bond acceptors (Lipinski definition) is 2. The number of amides is 1. The molecule has 2 aromatic carbocycles. The van der Waals surface area contributed by atoms with Crippen molar-refractivity contribution in [1.82, 2.24) is 0 Å². The van der Waals surface area contributed by atoms with Gasteiger partial charge < -0.3 is 10.2 Å². The molecule has 0 radical (unpaired) electrons. The normalized spacial score (nSPS) is 15.0. The number of nitrogens with one attached hydrogen (secondary N) is 1. The first kappa shape index (κ1) is 17.3. The highest BCUT2D eigenvalue weighted by molar-refractivity contribution is 14.1. The second-order valence-corrected chi connectivity index (χ2v) is 7.42. The molecule has 0 aliphatic carbocycles. The Morgan fingerprint density at radius 1 is 1.00 bits per heavy atom. The van der Waals surface area contributed by atoms with E-state index in [1.54, 1.807) is 0 Å². The third-order valence-electron chi connectivity index (χ3n) is 4.53. The number of nitrogens with zero attached hydrogens (tertiary/aromatic N) is 1. The van der Waals surface area contributed by atoms with Crippen LogP contribution in [0.25, 0.3) is 0 Å². The molecule has 1 N–H and O–H groups in total. The van der Waals surface area contributed by atoms with Gasteiger partial charge in [-0.05, 0) is 78.3 Å². The zero-order chi connectivity index (χ0) is 16.9. The third-order valence-corrected chi connectivity index (χ3v) is 5.96. The Morgan fingerprint density at radius 2 is 1.67 bits per heavy atom. The average Bonchev–Trinajstić information content (AvgIpc) is 2.87. The molecular weight excluding hydrogens is 411 g/mol. The van der Waals surface area contributed by atoms with Gasteiger partial charge in [-0.15, -0.1) is 0 Å². The van der Waals surface area contributed by atoms with E-state index in [1.165, 1.54) is 31.4 Å². The standard InChI is InChI=1S/C20H23IN2O/c1-15-7-6-8-18(19(15)21)20(24)22-16-9-11-17(12-10-16)23-13-4-2-3-5-14-23/h6-12H,2-5,13-14H2,1H3,(H,22,24). The SMILES string of the molecule is Cc1cccc(C(=O)Nc2ccc(N3CCCCCC3)cc2)c1I. The van der Waals surface area contributed by atoms with Crippen molar-refractivity contribution in [1.29, 1.82) is 0 Å². The molecule has 0 bridgehead atoms. The lowest BCUT2D eigenvalue weighted by atomic mass is 10.1. The highest BCUT2D eigenvalue weighted by Crippen LogP contribution is 2.23. The first-order valence-corrected chi connectivity index (χ1v) is 9.64. The van der Waals surface area contributed by atoms with Crippen LogP contribution in [0.2, 0.25) is 0 Å². The van der Waals surface area contributed by atoms with Gasteiger partial charge in [0.25, 0.3) is 5.91 Å². The van der Waals surface area contributed by atoms with E-state index in [-0.39, 0.29) is 5.91 Å². The number of carbonyl (C=O) groups is 1. The Kier molecular flexibility index (Phi) is 5.76. The predicted octanol–water partition coefficient (Wildman–Crippen LogP) is 5.23. The van der Waals surface area contributed by atoms with Crippen molar-refractivity contribution in [2.75, 3.05) is 23.3 Å². The van der Waals surface area contributed by atoms with Crippen LogP contribution in [0.4, 0.5) is 11.4 Å². The van der Waals surface area contributed by atoms with Crippen LogP contribution in [0, 0.1) is 10.5 Å². The summed E-state index contributed by atoms with van der Waals surface area (Å²) >= 11 is 2.23. The number of anilines is 2. The number of hydrogen-bond donors (Lipinski definition) is 1. The monoisotopic (exact) mass is 434 g/mol. The van der Waals surface area contributed by atoms with Crippen molar-refractivity contribution >= 4 is 39.9 Å². The maximum atomic E-state index is 12.5. The number of halogens is 1. The molecule has 1 saturated heterocycles. The molecule has 0 unspecified atom stereocenters. The molecule has 2 aromatic rings. The Hall–Kier alpha value is -1.56. The molecule has 1 heterocycles. The van der Waals surface area contributed by atoms with Crippen LogP contribution in [0.1, 0.15) is 41.6 Å². The minimum absolute atomic E-state index is 0.0503. The second-order valence-electron chi connectivity index (χ2n) is 6.34. The van der Waals surface area contributed by atoms with Crippen molar-refractivity contribution in [3.63, 3.8) is 0 Å². The second kappa shape index (κ2) is 8.01. The molecule has 0 saturated carbocycles. The zero-order valence-electron chi connectivity index (χ0n) is 14.0. The first-order chi connectivity index (χ1) is 11.6. The quantitative estimate of drug-likeness (QED) is 0.671. The van der Waals surface area contributed by atoms with Crippen LogP contribution in [-0.4, -0.2) is 19.0 Å². The highest BCUT2D eigenvalue weighted by Gasteiger charge is 2.13. The van der Waals surface area contributed by atoms with Gasteiger partial charge in [0.2, 0.25) is 0 Å². The van der Waals surface area contributed by atoms with Gasteiger partial charge >= 0.3 is 0 Å². The van der Waals surface area contributed by atoms with E-state index in [9.17, 15) is 4.79 Å². The smallest absolute Gasteiger partial charge is 0.256 e. The Bertz CT molecular complexity index is 704. The summed E-state index contributed by atoms with van der Waals surface area (Å²) in [6, 6.07) is 14.0. The van der Waals surface area contributed by atoms with Gasteiger partial charge in [0.05, 0.1) is 5.56 Å². The summed E-state index contributed by atoms with van der Waals surface area (Å²) in [6.07, 6.45) is 5.20. The van der Waals surface area contributed by atoms with Crippen molar-refractivity contribution in [2.45, 2.75) is 32.6 Å². The van der Waals surface area contributed by atoms with E-state index >= 15 is 0 Å². The predicted molar refractivity (Wildman–Crippen MR) is 109 cm³/mol. The molecule has 126 valence electrons. The lowest BCUT2D eigenvalue weighted by molar-refractivity contribution is 0.102. The summed E-state index contributed by atoms with van der Waals surface area (Å²) in [5, 5.41) is 3.01. The van der Waals surface area contributed by atoms with E-state index in [2.05, 4.69) is 44.9 Å². The summed E-state index contributed by atoms with van der Waals surface area (Å²) < 4.78 is 1.01. The van der Waals surface area contributed by atoms with Gasteiger partial charge in [-0.2, -0.15) is 0 Å². The van der Waals surface area contributed by atoms with E-state index in [1.807, 2.05) is 37.3 Å². The van der Waals surface area contributed by atoms with Crippen molar-refractivity contribution < 1.29 is 4.79 Å². The van der Waals surface area contributed by atoms with Gasteiger partial charge in [-0.1, -0.05) is 25.0 Å². The van der Waals surface area contributed by atoms with E-state index in [0.29, 0.717) is 0 Å². The summed E-state index contributed by atoms with van der Waals surface area (Å²) in [5.74, 6) is -0.0503. The summed E-state index contributed by atoms with van der Waals surface area (Å²) in [7, 11) is 0. The molecule has 1 amide bonds. The van der Waals surface area contributed by atoms with Crippen LogP contribution in [0.3, 0.4) is 0 Å². The summed E-state index contributed by atoms with van der Waals surface area (Å²) in [5.41, 5.74) is 3.95. The largest absolute Gasteiger partial charge is 0.372 e. The molecular formula is C20H23IN2O. The van der Waals surface area contributed by atoms with Crippen molar-refractivity contribution in [3.05, 3.63) is 57.2 Å². The Balaban J connectivity index is 1.69. The topological polar surface area (TPSA) is 32.3 Å². The van der Waals surface area contributed by atoms with Crippen LogP contribution < -0.4 is 10.2 Å². The lowest BCUT2D eigenvalue weighted by Crippen LogP contribution is -2.23. The van der Waals surface area contributed by atoms with E-state index < -0.39 is 0 Å². The minimum atomic E-state index is -0.0503. The molecule has 0 aromatic heterocycles. The van der Waals surface area contributed by atoms with Crippen molar-refractivity contribution in [2.24, 2.45) is 0 Å². The molecule has 3 nitrogen and oxygen atoms in total. The zero-order valence-corrected chi connectivity index (χ0v) is 16.2. The van der Waals surface area contributed by atoms with Crippen LogP contribution >= 0.6 is 22.6 Å².